The van der Waals surface area contributed by atoms with E-state index in [1.54, 1.807) is 24.3 Å². The van der Waals surface area contributed by atoms with Gasteiger partial charge < -0.3 is 15.6 Å². The normalized spacial score (nSPS) is 11.4. The highest BCUT2D eigenvalue weighted by Gasteiger charge is 2.30. The Morgan fingerprint density at radius 1 is 0.912 bits per heavy atom. The lowest BCUT2D eigenvalue weighted by atomic mass is 9.99. The molecule has 5 nitrogen and oxygen atoms in total. The number of hydrogen-bond donors (Lipinski definition) is 3. The van der Waals surface area contributed by atoms with Crippen LogP contribution in [0.1, 0.15) is 32.0 Å². The number of H-pyrrole nitrogens is 1. The first-order valence-corrected chi connectivity index (χ1v) is 10.3. The maximum Gasteiger partial charge on any atom is 0.416 e. The fraction of sp³-hybridized carbons (Fsp3) is 0.120. The second kappa shape index (κ2) is 9.01. The Morgan fingerprint density at radius 3 is 2.38 bits per heavy atom. The van der Waals surface area contributed by atoms with E-state index >= 15 is 4.39 Å². The molecular formula is C25H19F4N3O2. The third-order valence-electron chi connectivity index (χ3n) is 5.36. The number of halogens is 4. The van der Waals surface area contributed by atoms with Crippen LogP contribution in [0.5, 0.6) is 0 Å². The van der Waals surface area contributed by atoms with Crippen molar-refractivity contribution in [3.63, 3.8) is 0 Å². The van der Waals surface area contributed by atoms with Crippen molar-refractivity contribution in [2.75, 3.05) is 7.05 Å². The van der Waals surface area contributed by atoms with Crippen molar-refractivity contribution in [3.05, 3.63) is 94.9 Å². The van der Waals surface area contributed by atoms with Gasteiger partial charge >= 0.3 is 6.18 Å². The molecule has 4 rings (SSSR count). The van der Waals surface area contributed by atoms with E-state index in [0.29, 0.717) is 22.2 Å². The molecule has 3 N–H and O–H groups in total. The Bertz CT molecular complexity index is 1390. The van der Waals surface area contributed by atoms with Crippen LogP contribution in [0.15, 0.2) is 66.7 Å². The van der Waals surface area contributed by atoms with Crippen LogP contribution in [-0.2, 0) is 12.7 Å². The quantitative estimate of drug-likeness (QED) is 0.348. The van der Waals surface area contributed by atoms with Gasteiger partial charge in [0.25, 0.3) is 11.8 Å². The molecule has 0 saturated carbocycles. The Labute approximate surface area is 191 Å². The van der Waals surface area contributed by atoms with Crippen molar-refractivity contribution in [1.82, 2.24) is 15.6 Å². The molecule has 0 aliphatic carbocycles. The maximum atomic E-state index is 15.0. The second-order valence-electron chi connectivity index (χ2n) is 7.60. The number of aromatic nitrogens is 1. The molecule has 0 aliphatic rings. The monoisotopic (exact) mass is 469 g/mol. The number of fused-ring (bicyclic) bond motifs is 1. The number of amides is 2. The summed E-state index contributed by atoms with van der Waals surface area (Å²) in [6.45, 7) is -0.142. The largest absolute Gasteiger partial charge is 0.416 e. The lowest BCUT2D eigenvalue weighted by Gasteiger charge is -2.11. The minimum absolute atomic E-state index is 0.0283. The SMILES string of the molecule is CNC(=O)c1cc2c(-c3ccc(C(=O)NCc4cccc(C(F)(F)F)c4)cc3F)cccc2[nH]1. The molecule has 0 bridgehead atoms. The molecule has 0 atom stereocenters. The van der Waals surface area contributed by atoms with Gasteiger partial charge in [-0.2, -0.15) is 13.2 Å². The van der Waals surface area contributed by atoms with Crippen LogP contribution in [0.25, 0.3) is 22.0 Å². The van der Waals surface area contributed by atoms with Crippen molar-refractivity contribution in [2.45, 2.75) is 12.7 Å². The van der Waals surface area contributed by atoms with Gasteiger partial charge in [-0.3, -0.25) is 9.59 Å². The average Bonchev–Trinajstić information content (AvgIpc) is 3.26. The van der Waals surface area contributed by atoms with E-state index in [9.17, 15) is 22.8 Å². The zero-order valence-electron chi connectivity index (χ0n) is 17.9. The van der Waals surface area contributed by atoms with Crippen LogP contribution in [0.3, 0.4) is 0 Å². The number of aromatic amines is 1. The summed E-state index contributed by atoms with van der Waals surface area (Å²) in [7, 11) is 1.51. The molecule has 1 heterocycles. The first-order valence-electron chi connectivity index (χ1n) is 10.3. The molecule has 4 aromatic rings. The van der Waals surface area contributed by atoms with Gasteiger partial charge in [0.15, 0.2) is 0 Å². The van der Waals surface area contributed by atoms with Crippen LogP contribution in [0.4, 0.5) is 17.6 Å². The molecular weight excluding hydrogens is 450 g/mol. The molecule has 2 amide bonds. The average molecular weight is 469 g/mol. The lowest BCUT2D eigenvalue weighted by molar-refractivity contribution is -0.137. The predicted octanol–water partition coefficient (Wildman–Crippen LogP) is 5.28. The van der Waals surface area contributed by atoms with Gasteiger partial charge in [0.1, 0.15) is 11.5 Å². The third-order valence-corrected chi connectivity index (χ3v) is 5.36. The maximum absolute atomic E-state index is 15.0. The fourth-order valence-electron chi connectivity index (χ4n) is 3.66. The number of nitrogens with one attached hydrogen (secondary N) is 3. The fourth-order valence-corrected chi connectivity index (χ4v) is 3.66. The summed E-state index contributed by atoms with van der Waals surface area (Å²) < 4.78 is 53.6. The minimum atomic E-state index is -4.48. The molecule has 0 unspecified atom stereocenters. The highest BCUT2D eigenvalue weighted by molar-refractivity contribution is 6.03. The Hall–Kier alpha value is -4.14. The third kappa shape index (κ3) is 4.63. The zero-order chi connectivity index (χ0) is 24.5. The smallest absolute Gasteiger partial charge is 0.354 e. The number of rotatable bonds is 5. The summed E-state index contributed by atoms with van der Waals surface area (Å²) in [6, 6.07) is 15.4. The highest BCUT2D eigenvalue weighted by Crippen LogP contribution is 2.32. The first-order chi connectivity index (χ1) is 16.2. The number of carbonyl (C=O) groups is 2. The van der Waals surface area contributed by atoms with Gasteiger partial charge in [0, 0.05) is 35.6 Å². The van der Waals surface area contributed by atoms with Gasteiger partial charge in [0.05, 0.1) is 5.56 Å². The minimum Gasteiger partial charge on any atom is -0.354 e. The topological polar surface area (TPSA) is 74.0 Å². The van der Waals surface area contributed by atoms with Crippen molar-refractivity contribution in [3.8, 4) is 11.1 Å². The van der Waals surface area contributed by atoms with Gasteiger partial charge in [0.2, 0.25) is 0 Å². The molecule has 0 radical (unpaired) electrons. The molecule has 1 aromatic heterocycles. The standard InChI is InChI=1S/C25H19F4N3O2/c1-30-24(34)22-12-19-17(6-3-7-21(19)32-22)18-9-8-15(11-20(18)26)23(33)31-13-14-4-2-5-16(10-14)25(27,28)29/h2-12,32H,13H2,1H3,(H,30,34)(H,31,33). The molecule has 174 valence electrons. The predicted molar refractivity (Wildman–Crippen MR) is 120 cm³/mol. The Morgan fingerprint density at radius 2 is 1.68 bits per heavy atom. The molecule has 3 aromatic carbocycles. The van der Waals surface area contributed by atoms with Gasteiger partial charge in [-0.15, -0.1) is 0 Å². The lowest BCUT2D eigenvalue weighted by Crippen LogP contribution is -2.23. The highest BCUT2D eigenvalue weighted by atomic mass is 19.4. The van der Waals surface area contributed by atoms with E-state index in [-0.39, 0.29) is 29.1 Å². The summed E-state index contributed by atoms with van der Waals surface area (Å²) in [6.07, 6.45) is -4.48. The molecule has 0 fully saturated rings. The Balaban J connectivity index is 1.55. The number of carbonyl (C=O) groups excluding carboxylic acids is 2. The zero-order valence-corrected chi connectivity index (χ0v) is 17.9. The first kappa shape index (κ1) is 23.0. The van der Waals surface area contributed by atoms with E-state index in [1.165, 1.54) is 31.3 Å². The molecule has 0 spiro atoms. The van der Waals surface area contributed by atoms with Crippen LogP contribution in [-0.4, -0.2) is 23.8 Å². The van der Waals surface area contributed by atoms with Crippen molar-refractivity contribution in [2.24, 2.45) is 0 Å². The van der Waals surface area contributed by atoms with Crippen LogP contribution in [0, 0.1) is 5.82 Å². The van der Waals surface area contributed by atoms with E-state index in [4.69, 9.17) is 0 Å². The van der Waals surface area contributed by atoms with Crippen LogP contribution in [0.2, 0.25) is 0 Å². The molecule has 9 heteroatoms. The molecule has 0 aliphatic heterocycles. The van der Waals surface area contributed by atoms with Crippen molar-refractivity contribution < 1.29 is 27.2 Å². The van der Waals surface area contributed by atoms with Gasteiger partial charge in [-0.1, -0.05) is 30.3 Å². The Kier molecular flexibility index (Phi) is 6.10. The van der Waals surface area contributed by atoms with Crippen LogP contribution >= 0.6 is 0 Å². The van der Waals surface area contributed by atoms with E-state index in [0.717, 1.165) is 18.2 Å². The van der Waals surface area contributed by atoms with Crippen molar-refractivity contribution in [1.29, 1.82) is 0 Å². The van der Waals surface area contributed by atoms with E-state index < -0.39 is 23.5 Å². The van der Waals surface area contributed by atoms with E-state index in [1.807, 2.05) is 0 Å². The van der Waals surface area contributed by atoms with Gasteiger partial charge in [-0.05, 0) is 47.5 Å². The number of benzene rings is 3. The van der Waals surface area contributed by atoms with Crippen LogP contribution < -0.4 is 10.6 Å². The van der Waals surface area contributed by atoms with E-state index in [2.05, 4.69) is 15.6 Å². The summed E-state index contributed by atoms with van der Waals surface area (Å²) in [5, 5.41) is 5.67. The van der Waals surface area contributed by atoms with Crippen molar-refractivity contribution >= 4 is 22.7 Å². The summed E-state index contributed by atoms with van der Waals surface area (Å²) in [4.78, 5) is 27.4. The summed E-state index contributed by atoms with van der Waals surface area (Å²) >= 11 is 0. The second-order valence-corrected chi connectivity index (χ2v) is 7.60. The number of alkyl halides is 3. The summed E-state index contributed by atoms with van der Waals surface area (Å²) in [5.41, 5.74) is 1.24. The summed E-state index contributed by atoms with van der Waals surface area (Å²) in [5.74, 6) is -1.58. The molecule has 0 saturated heterocycles. The molecule has 34 heavy (non-hydrogen) atoms. The number of hydrogen-bond acceptors (Lipinski definition) is 2. The van der Waals surface area contributed by atoms with Gasteiger partial charge in [-0.25, -0.2) is 4.39 Å².